The Morgan fingerprint density at radius 3 is 2.50 bits per heavy atom. The highest BCUT2D eigenvalue weighted by molar-refractivity contribution is 7.13. The number of carbonyl (C=O) groups excluding carboxylic acids is 1. The largest absolute Gasteiger partial charge is 0.378 e. The lowest BCUT2D eigenvalue weighted by atomic mass is 10.0. The number of ether oxygens (including phenoxy) is 1. The van der Waals surface area contributed by atoms with E-state index in [1.54, 1.807) is 24.7 Å². The third kappa shape index (κ3) is 5.18. The molecule has 1 atom stereocenters. The first-order valence-electron chi connectivity index (χ1n) is 12.1. The van der Waals surface area contributed by atoms with Crippen LogP contribution in [0.2, 0.25) is 0 Å². The van der Waals surface area contributed by atoms with Crippen LogP contribution in [0.25, 0.3) is 11.1 Å². The molecule has 2 saturated heterocycles. The Kier molecular flexibility index (Phi) is 7.13. The van der Waals surface area contributed by atoms with Crippen LogP contribution >= 0.6 is 11.3 Å². The molecule has 0 unspecified atom stereocenters. The van der Waals surface area contributed by atoms with Crippen molar-refractivity contribution in [2.24, 2.45) is 0 Å². The third-order valence-electron chi connectivity index (χ3n) is 6.72. The molecule has 2 aliphatic heterocycles. The summed E-state index contributed by atoms with van der Waals surface area (Å²) < 4.78 is 20.9. The van der Waals surface area contributed by atoms with Crippen LogP contribution in [0, 0.1) is 12.7 Å². The molecule has 3 aromatic rings. The number of morpholine rings is 1. The fourth-order valence-electron chi connectivity index (χ4n) is 4.45. The third-order valence-corrected chi connectivity index (χ3v) is 7.63. The number of rotatable bonds is 5. The van der Waals surface area contributed by atoms with Crippen molar-refractivity contribution in [3.63, 3.8) is 0 Å². The lowest BCUT2D eigenvalue weighted by molar-refractivity contribution is 0.103. The lowest BCUT2D eigenvalue weighted by Gasteiger charge is -2.39. The Morgan fingerprint density at radius 2 is 1.83 bits per heavy atom. The maximum atomic E-state index is 15.5. The molecular weight excluding hydrogens is 481 g/mol. The van der Waals surface area contributed by atoms with Crippen LogP contribution in [-0.2, 0) is 4.74 Å². The van der Waals surface area contributed by atoms with E-state index in [2.05, 4.69) is 44.0 Å². The summed E-state index contributed by atoms with van der Waals surface area (Å²) in [5.74, 6) is -0.0500. The van der Waals surface area contributed by atoms with Gasteiger partial charge in [0.2, 0.25) is 5.95 Å². The summed E-state index contributed by atoms with van der Waals surface area (Å²) in [5.41, 5.74) is 2.10. The van der Waals surface area contributed by atoms with E-state index in [0.717, 1.165) is 37.7 Å². The van der Waals surface area contributed by atoms with Gasteiger partial charge in [-0.05, 0) is 33.0 Å². The fraction of sp³-hybridized carbons (Fsp3) is 0.440. The summed E-state index contributed by atoms with van der Waals surface area (Å²) in [6.07, 6.45) is 4.83. The van der Waals surface area contributed by atoms with Crippen LogP contribution in [0.5, 0.6) is 0 Å². The van der Waals surface area contributed by atoms with Crippen LogP contribution in [0.4, 0.5) is 21.7 Å². The van der Waals surface area contributed by atoms with Crippen LogP contribution in [0.1, 0.15) is 21.6 Å². The first kappa shape index (κ1) is 24.5. The molecule has 0 radical (unpaired) electrons. The van der Waals surface area contributed by atoms with Gasteiger partial charge in [0.05, 0.1) is 35.8 Å². The summed E-state index contributed by atoms with van der Waals surface area (Å²) in [6.45, 7) is 9.02. The number of halogens is 1. The van der Waals surface area contributed by atoms with Crippen molar-refractivity contribution in [2.75, 3.05) is 68.1 Å². The molecule has 1 amide bonds. The topological polar surface area (TPSA) is 86.7 Å². The molecule has 1 N–H and O–H groups in total. The number of benzene rings is 1. The Morgan fingerprint density at radius 1 is 1.08 bits per heavy atom. The first-order chi connectivity index (χ1) is 17.4. The molecule has 2 fully saturated rings. The van der Waals surface area contributed by atoms with Crippen LogP contribution < -0.4 is 15.1 Å². The highest BCUT2D eigenvalue weighted by Crippen LogP contribution is 2.35. The highest BCUT2D eigenvalue weighted by Gasteiger charge is 2.25. The van der Waals surface area contributed by atoms with E-state index < -0.39 is 0 Å². The quantitative estimate of drug-likeness (QED) is 0.559. The minimum Gasteiger partial charge on any atom is -0.378 e. The second kappa shape index (κ2) is 10.5. The zero-order chi connectivity index (χ0) is 25.2. The van der Waals surface area contributed by atoms with E-state index in [9.17, 15) is 4.79 Å². The van der Waals surface area contributed by atoms with Gasteiger partial charge in [-0.1, -0.05) is 0 Å². The standard InChI is InChI=1S/C25H30FN7O2S/c1-16-15-33(5-4-31(16)3)22-11-20(26)19(10-21(22)30-24(34)23-14-27-17(2)36-23)18-12-28-25(29-13-18)32-6-8-35-9-7-32/h10-14,16H,4-9,15H2,1-3H3,(H,30,34)/t16-/m1/s1. The van der Waals surface area contributed by atoms with Crippen LogP contribution in [0.3, 0.4) is 0 Å². The molecule has 190 valence electrons. The SMILES string of the molecule is Cc1ncc(C(=O)Nc2cc(-c3cnc(N4CCOCC4)nc3)c(F)cc2N2CCN(C)[C@H](C)C2)s1. The number of aryl methyl sites for hydroxylation is 1. The van der Waals surface area contributed by atoms with E-state index in [0.29, 0.717) is 52.6 Å². The van der Waals surface area contributed by atoms with Crippen molar-refractivity contribution in [2.45, 2.75) is 19.9 Å². The van der Waals surface area contributed by atoms with Gasteiger partial charge in [-0.15, -0.1) is 11.3 Å². The average molecular weight is 512 g/mol. The number of anilines is 3. The number of nitrogens with zero attached hydrogens (tertiary/aromatic N) is 6. The predicted octanol–water partition coefficient (Wildman–Crippen LogP) is 3.28. The molecule has 2 aliphatic rings. The summed E-state index contributed by atoms with van der Waals surface area (Å²) in [4.78, 5) is 33.1. The zero-order valence-corrected chi connectivity index (χ0v) is 21.5. The Labute approximate surface area is 213 Å². The number of piperazine rings is 1. The number of amides is 1. The Balaban J connectivity index is 1.48. The van der Waals surface area contributed by atoms with Crippen molar-refractivity contribution in [1.82, 2.24) is 19.9 Å². The van der Waals surface area contributed by atoms with Crippen molar-refractivity contribution < 1.29 is 13.9 Å². The molecule has 36 heavy (non-hydrogen) atoms. The highest BCUT2D eigenvalue weighted by atomic mass is 32.1. The molecule has 5 rings (SSSR count). The molecule has 0 aliphatic carbocycles. The van der Waals surface area contributed by atoms with E-state index in [4.69, 9.17) is 4.74 Å². The van der Waals surface area contributed by atoms with Gasteiger partial charge in [0, 0.05) is 62.3 Å². The average Bonchev–Trinajstić information content (AvgIpc) is 3.33. The molecule has 0 spiro atoms. The van der Waals surface area contributed by atoms with Crippen molar-refractivity contribution in [3.05, 3.63) is 46.4 Å². The van der Waals surface area contributed by atoms with E-state index >= 15 is 4.39 Å². The number of carbonyl (C=O) groups is 1. The van der Waals surface area contributed by atoms with Gasteiger partial charge in [0.1, 0.15) is 10.7 Å². The molecule has 0 saturated carbocycles. The van der Waals surface area contributed by atoms with Crippen molar-refractivity contribution in [1.29, 1.82) is 0 Å². The minimum atomic E-state index is -0.383. The number of thiazole rings is 1. The molecule has 4 heterocycles. The fourth-order valence-corrected chi connectivity index (χ4v) is 5.12. The molecule has 2 aromatic heterocycles. The summed E-state index contributed by atoms with van der Waals surface area (Å²) in [7, 11) is 2.08. The smallest absolute Gasteiger partial charge is 0.267 e. The number of hydrogen-bond acceptors (Lipinski definition) is 9. The molecular formula is C25H30FN7O2S. The molecule has 0 bridgehead atoms. The summed E-state index contributed by atoms with van der Waals surface area (Å²) >= 11 is 1.32. The van der Waals surface area contributed by atoms with Gasteiger partial charge < -0.3 is 24.8 Å². The van der Waals surface area contributed by atoms with Gasteiger partial charge in [0.25, 0.3) is 5.91 Å². The van der Waals surface area contributed by atoms with Gasteiger partial charge in [-0.25, -0.2) is 19.3 Å². The molecule has 11 heteroatoms. The maximum Gasteiger partial charge on any atom is 0.267 e. The lowest BCUT2D eigenvalue weighted by Crippen LogP contribution is -2.50. The predicted molar refractivity (Wildman–Crippen MR) is 140 cm³/mol. The minimum absolute atomic E-state index is 0.263. The van der Waals surface area contributed by atoms with Gasteiger partial charge in [-0.3, -0.25) is 4.79 Å². The maximum absolute atomic E-state index is 15.5. The monoisotopic (exact) mass is 511 g/mol. The van der Waals surface area contributed by atoms with Gasteiger partial charge in [-0.2, -0.15) is 0 Å². The number of likely N-dealkylation sites (N-methyl/N-ethyl adjacent to an activating group) is 1. The number of nitrogens with one attached hydrogen (secondary N) is 1. The number of aromatic nitrogens is 3. The summed E-state index contributed by atoms with van der Waals surface area (Å²) in [5, 5.41) is 3.82. The molecule has 1 aromatic carbocycles. The zero-order valence-electron chi connectivity index (χ0n) is 20.7. The van der Waals surface area contributed by atoms with E-state index in [1.807, 2.05) is 11.8 Å². The van der Waals surface area contributed by atoms with E-state index in [1.165, 1.54) is 17.4 Å². The van der Waals surface area contributed by atoms with Crippen molar-refractivity contribution in [3.8, 4) is 11.1 Å². The number of hydrogen-bond donors (Lipinski definition) is 1. The van der Waals surface area contributed by atoms with Gasteiger partial charge in [0.15, 0.2) is 0 Å². The second-order valence-corrected chi connectivity index (χ2v) is 10.4. The van der Waals surface area contributed by atoms with Gasteiger partial charge >= 0.3 is 0 Å². The second-order valence-electron chi connectivity index (χ2n) is 9.19. The van der Waals surface area contributed by atoms with Crippen LogP contribution in [-0.4, -0.2) is 84.8 Å². The normalized spacial score (nSPS) is 18.9. The van der Waals surface area contributed by atoms with E-state index in [-0.39, 0.29) is 11.7 Å². The molecule has 9 nitrogen and oxygen atoms in total. The van der Waals surface area contributed by atoms with Crippen LogP contribution in [0.15, 0.2) is 30.7 Å². The van der Waals surface area contributed by atoms with Crippen molar-refractivity contribution >= 4 is 34.6 Å². The summed E-state index contributed by atoms with van der Waals surface area (Å²) in [6, 6.07) is 3.50. The first-order valence-corrected chi connectivity index (χ1v) is 12.9. The Bertz CT molecular complexity index is 1230. The Hall–Kier alpha value is -3.15.